The Bertz CT molecular complexity index is 436. The van der Waals surface area contributed by atoms with Crippen molar-refractivity contribution < 1.29 is 9.50 Å². The third kappa shape index (κ3) is 1.91. The van der Waals surface area contributed by atoms with E-state index in [1.165, 1.54) is 23.5 Å². The van der Waals surface area contributed by atoms with Crippen LogP contribution < -0.4 is 0 Å². The predicted octanol–water partition coefficient (Wildman–Crippen LogP) is 2.54. The van der Waals surface area contributed by atoms with Crippen LogP contribution in [0.3, 0.4) is 0 Å². The molecule has 1 atom stereocenters. The third-order valence-electron chi connectivity index (χ3n) is 2.26. The van der Waals surface area contributed by atoms with Crippen molar-refractivity contribution in [1.29, 1.82) is 0 Å². The summed E-state index contributed by atoms with van der Waals surface area (Å²) in [6.45, 7) is 1.65. The summed E-state index contributed by atoms with van der Waals surface area (Å²) in [6.07, 6.45) is 1.64. The Morgan fingerprint density at radius 3 is 2.53 bits per heavy atom. The zero-order chi connectivity index (χ0) is 10.9. The smallest absolute Gasteiger partial charge is 0.138 e. The average molecular weight is 223 g/mol. The fraction of sp³-hybridized carbons (Fsp3) is 0.182. The van der Waals surface area contributed by atoms with Crippen molar-refractivity contribution in [3.63, 3.8) is 0 Å². The molecule has 1 N–H and O–H groups in total. The number of benzene rings is 1. The summed E-state index contributed by atoms with van der Waals surface area (Å²) < 4.78 is 12.7. The van der Waals surface area contributed by atoms with Gasteiger partial charge in [0.15, 0.2) is 0 Å². The molecular weight excluding hydrogens is 213 g/mol. The van der Waals surface area contributed by atoms with Crippen molar-refractivity contribution in [3.8, 4) is 0 Å². The van der Waals surface area contributed by atoms with Crippen LogP contribution in [0, 0.1) is 5.82 Å². The molecule has 2 aromatic rings. The minimum atomic E-state index is -1.15. The topological polar surface area (TPSA) is 33.1 Å². The molecule has 2 rings (SSSR count). The summed E-state index contributed by atoms with van der Waals surface area (Å²) in [7, 11) is 0. The maximum Gasteiger partial charge on any atom is 0.138 e. The molecule has 15 heavy (non-hydrogen) atoms. The molecule has 0 amide bonds. The van der Waals surface area contributed by atoms with Gasteiger partial charge in [-0.25, -0.2) is 9.37 Å². The zero-order valence-electron chi connectivity index (χ0n) is 8.14. The SMILES string of the molecule is CC(O)(c1ccc(F)cc1)c1nccs1. The van der Waals surface area contributed by atoms with E-state index < -0.39 is 5.60 Å². The second-order valence-corrected chi connectivity index (χ2v) is 4.31. The summed E-state index contributed by atoms with van der Waals surface area (Å²) in [5, 5.41) is 12.7. The molecule has 0 saturated heterocycles. The lowest BCUT2D eigenvalue weighted by atomic mass is 9.97. The molecule has 1 aromatic heterocycles. The van der Waals surface area contributed by atoms with Crippen LogP contribution in [-0.2, 0) is 5.60 Å². The molecule has 2 nitrogen and oxygen atoms in total. The highest BCUT2D eigenvalue weighted by molar-refractivity contribution is 7.09. The van der Waals surface area contributed by atoms with E-state index in [1.807, 2.05) is 0 Å². The Morgan fingerprint density at radius 2 is 2.00 bits per heavy atom. The summed E-state index contributed by atoms with van der Waals surface area (Å²) in [5.74, 6) is -0.311. The van der Waals surface area contributed by atoms with Crippen molar-refractivity contribution in [3.05, 3.63) is 52.2 Å². The molecule has 0 saturated carbocycles. The van der Waals surface area contributed by atoms with E-state index in [9.17, 15) is 9.50 Å². The van der Waals surface area contributed by atoms with Gasteiger partial charge in [-0.1, -0.05) is 12.1 Å². The van der Waals surface area contributed by atoms with Crippen LogP contribution >= 0.6 is 11.3 Å². The molecule has 0 aliphatic heterocycles. The van der Waals surface area contributed by atoms with E-state index in [0.717, 1.165) is 0 Å². The lowest BCUT2D eigenvalue weighted by Crippen LogP contribution is -2.22. The van der Waals surface area contributed by atoms with Gasteiger partial charge < -0.3 is 5.11 Å². The number of aliphatic hydroxyl groups is 1. The van der Waals surface area contributed by atoms with Gasteiger partial charge in [-0.15, -0.1) is 11.3 Å². The van der Waals surface area contributed by atoms with Gasteiger partial charge in [0, 0.05) is 11.6 Å². The maximum atomic E-state index is 12.7. The standard InChI is InChI=1S/C11H10FNOS/c1-11(14,10-13-6-7-15-10)8-2-4-9(12)5-3-8/h2-7,14H,1H3. The summed E-state index contributed by atoms with van der Waals surface area (Å²) in [5.41, 5.74) is -0.513. The highest BCUT2D eigenvalue weighted by atomic mass is 32.1. The van der Waals surface area contributed by atoms with Gasteiger partial charge in [-0.3, -0.25) is 0 Å². The van der Waals surface area contributed by atoms with Crippen molar-refractivity contribution in [2.75, 3.05) is 0 Å². The highest BCUT2D eigenvalue weighted by Crippen LogP contribution is 2.30. The van der Waals surface area contributed by atoms with E-state index in [4.69, 9.17) is 0 Å². The Labute approximate surface area is 91.0 Å². The molecular formula is C11H10FNOS. The van der Waals surface area contributed by atoms with Crippen LogP contribution in [-0.4, -0.2) is 10.1 Å². The first-order valence-corrected chi connectivity index (χ1v) is 5.37. The molecule has 78 valence electrons. The maximum absolute atomic E-state index is 12.7. The first-order chi connectivity index (χ1) is 7.10. The van der Waals surface area contributed by atoms with Crippen LogP contribution in [0.1, 0.15) is 17.5 Å². The van der Waals surface area contributed by atoms with Crippen LogP contribution in [0.15, 0.2) is 35.8 Å². The molecule has 1 heterocycles. The molecule has 4 heteroatoms. The van der Waals surface area contributed by atoms with Gasteiger partial charge in [0.05, 0.1) is 0 Å². The number of thiazole rings is 1. The van der Waals surface area contributed by atoms with Crippen molar-refractivity contribution in [2.24, 2.45) is 0 Å². The largest absolute Gasteiger partial charge is 0.378 e. The monoisotopic (exact) mass is 223 g/mol. The number of nitrogens with zero attached hydrogens (tertiary/aromatic N) is 1. The average Bonchev–Trinajstić information content (AvgIpc) is 2.71. The van der Waals surface area contributed by atoms with Crippen LogP contribution in [0.25, 0.3) is 0 Å². The van der Waals surface area contributed by atoms with E-state index in [0.29, 0.717) is 10.6 Å². The Hall–Kier alpha value is -1.26. The third-order valence-corrected chi connectivity index (χ3v) is 3.24. The quantitative estimate of drug-likeness (QED) is 0.848. The summed E-state index contributed by atoms with van der Waals surface area (Å²) >= 11 is 1.37. The molecule has 0 bridgehead atoms. The Balaban J connectivity index is 2.41. The lowest BCUT2D eigenvalue weighted by Gasteiger charge is -2.20. The van der Waals surface area contributed by atoms with E-state index in [2.05, 4.69) is 4.98 Å². The molecule has 0 aliphatic rings. The molecule has 0 spiro atoms. The molecule has 1 aromatic carbocycles. The van der Waals surface area contributed by atoms with E-state index in [1.54, 1.807) is 30.6 Å². The van der Waals surface area contributed by atoms with E-state index in [-0.39, 0.29) is 5.82 Å². The molecule has 0 aliphatic carbocycles. The normalized spacial score (nSPS) is 14.9. The van der Waals surface area contributed by atoms with Crippen LogP contribution in [0.5, 0.6) is 0 Å². The number of hydrogen-bond acceptors (Lipinski definition) is 3. The van der Waals surface area contributed by atoms with Crippen molar-refractivity contribution >= 4 is 11.3 Å². The summed E-state index contributed by atoms with van der Waals surface area (Å²) in [4.78, 5) is 4.06. The van der Waals surface area contributed by atoms with Gasteiger partial charge in [0.2, 0.25) is 0 Å². The molecule has 1 unspecified atom stereocenters. The van der Waals surface area contributed by atoms with Gasteiger partial charge in [-0.2, -0.15) is 0 Å². The minimum Gasteiger partial charge on any atom is -0.378 e. The number of halogens is 1. The fourth-order valence-electron chi connectivity index (χ4n) is 1.36. The first kappa shape index (κ1) is 10.3. The van der Waals surface area contributed by atoms with Crippen molar-refractivity contribution in [1.82, 2.24) is 4.98 Å². The van der Waals surface area contributed by atoms with Gasteiger partial charge in [0.1, 0.15) is 16.4 Å². The first-order valence-electron chi connectivity index (χ1n) is 4.49. The van der Waals surface area contributed by atoms with Crippen LogP contribution in [0.4, 0.5) is 4.39 Å². The predicted molar refractivity (Wildman–Crippen MR) is 57.2 cm³/mol. The van der Waals surface area contributed by atoms with Crippen LogP contribution in [0.2, 0.25) is 0 Å². The molecule has 0 fully saturated rings. The van der Waals surface area contributed by atoms with Crippen molar-refractivity contribution in [2.45, 2.75) is 12.5 Å². The van der Waals surface area contributed by atoms with Gasteiger partial charge >= 0.3 is 0 Å². The minimum absolute atomic E-state index is 0.311. The molecule has 0 radical (unpaired) electrons. The lowest BCUT2D eigenvalue weighted by molar-refractivity contribution is 0.102. The summed E-state index contributed by atoms with van der Waals surface area (Å²) in [6, 6.07) is 5.79. The Kier molecular flexibility index (Phi) is 2.54. The van der Waals surface area contributed by atoms with Gasteiger partial charge in [-0.05, 0) is 24.6 Å². The highest BCUT2D eigenvalue weighted by Gasteiger charge is 2.28. The number of hydrogen-bond donors (Lipinski definition) is 1. The number of aromatic nitrogens is 1. The van der Waals surface area contributed by atoms with E-state index >= 15 is 0 Å². The zero-order valence-corrected chi connectivity index (χ0v) is 8.96. The fourth-order valence-corrected chi connectivity index (χ4v) is 2.08. The second-order valence-electron chi connectivity index (χ2n) is 3.42. The second kappa shape index (κ2) is 3.72. The van der Waals surface area contributed by atoms with Gasteiger partial charge in [0.25, 0.3) is 0 Å². The number of rotatable bonds is 2. The Morgan fingerprint density at radius 1 is 1.33 bits per heavy atom.